The maximum atomic E-state index is 12.2. The van der Waals surface area contributed by atoms with Crippen LogP contribution in [0.25, 0.3) is 0 Å². The van der Waals surface area contributed by atoms with Gasteiger partial charge in [0, 0.05) is 0 Å². The molecule has 0 aromatic heterocycles. The van der Waals surface area contributed by atoms with E-state index in [1.54, 1.807) is 18.2 Å². The zero-order valence-corrected chi connectivity index (χ0v) is 12.7. The van der Waals surface area contributed by atoms with Gasteiger partial charge in [0.05, 0.1) is 17.8 Å². The molecule has 0 spiro atoms. The monoisotopic (exact) mass is 316 g/mol. The third kappa shape index (κ3) is 5.14. The first kappa shape index (κ1) is 18.2. The molecule has 0 atom stereocenters. The number of anilines is 1. The lowest BCUT2D eigenvalue weighted by Gasteiger charge is -2.30. The molecule has 0 saturated carbocycles. The number of para-hydroxylation sites is 2. The van der Waals surface area contributed by atoms with Crippen LogP contribution in [0.4, 0.5) is 19.3 Å². The van der Waals surface area contributed by atoms with Crippen molar-refractivity contribution >= 4 is 11.7 Å². The molecule has 0 unspecified atom stereocenters. The average molecular weight is 316 g/mol. The van der Waals surface area contributed by atoms with Gasteiger partial charge in [0.1, 0.15) is 12.4 Å². The summed E-state index contributed by atoms with van der Waals surface area (Å²) in [5.41, 5.74) is -0.414. The summed E-state index contributed by atoms with van der Waals surface area (Å²) in [6, 6.07) is 5.81. The molecule has 0 aliphatic carbocycles. The fraction of sp³-hybridized carbons (Fsp3) is 0.533. The third-order valence-corrected chi connectivity index (χ3v) is 3.53. The highest BCUT2D eigenvalue weighted by Crippen LogP contribution is 2.24. The Morgan fingerprint density at radius 1 is 1.32 bits per heavy atom. The summed E-state index contributed by atoms with van der Waals surface area (Å²) in [7, 11) is 0. The summed E-state index contributed by atoms with van der Waals surface area (Å²) in [6.45, 7) is 2.79. The fourth-order valence-electron chi connectivity index (χ4n) is 1.93. The molecule has 0 saturated heterocycles. The Hall–Kier alpha value is -1.89. The lowest BCUT2D eigenvalue weighted by molar-refractivity contribution is 0.0822. The normalized spacial score (nSPS) is 11.4. The van der Waals surface area contributed by atoms with E-state index in [0.29, 0.717) is 18.5 Å². The molecular weight excluding hydrogens is 294 g/mol. The van der Waals surface area contributed by atoms with Crippen LogP contribution in [0.5, 0.6) is 5.75 Å². The number of hydrogen-bond donors (Lipinski definition) is 3. The summed E-state index contributed by atoms with van der Waals surface area (Å²) in [4.78, 5) is 12.1. The first-order chi connectivity index (χ1) is 10.5. The van der Waals surface area contributed by atoms with Crippen molar-refractivity contribution in [3.05, 3.63) is 24.3 Å². The molecule has 2 amide bonds. The van der Waals surface area contributed by atoms with Crippen molar-refractivity contribution < 1.29 is 23.4 Å². The van der Waals surface area contributed by atoms with Crippen LogP contribution < -0.4 is 15.4 Å². The van der Waals surface area contributed by atoms with Crippen molar-refractivity contribution in [2.24, 2.45) is 0 Å². The van der Waals surface area contributed by atoms with E-state index in [9.17, 15) is 18.7 Å². The maximum absolute atomic E-state index is 12.2. The predicted octanol–water partition coefficient (Wildman–Crippen LogP) is 3.00. The van der Waals surface area contributed by atoms with E-state index < -0.39 is 24.6 Å². The number of nitrogens with one attached hydrogen (secondary N) is 2. The summed E-state index contributed by atoms with van der Waals surface area (Å²) in [5, 5.41) is 14.7. The van der Waals surface area contributed by atoms with Gasteiger partial charge in [0.2, 0.25) is 0 Å². The molecule has 0 radical (unpaired) electrons. The Balaban J connectivity index is 2.75. The van der Waals surface area contributed by atoms with E-state index in [-0.39, 0.29) is 12.4 Å². The van der Waals surface area contributed by atoms with Crippen LogP contribution in [0.3, 0.4) is 0 Å². The van der Waals surface area contributed by atoms with Crippen LogP contribution in [-0.2, 0) is 0 Å². The standard InChI is InChI=1S/C15H22F2N2O3/c1-3-15(4-2,10-20)19-14(21)18-11-7-5-6-8-12(11)22-9-13(16)17/h5-8,13,20H,3-4,9-10H2,1-2H3,(H2,18,19,21). The number of amides is 2. The van der Waals surface area contributed by atoms with Crippen molar-refractivity contribution in [2.45, 2.75) is 38.7 Å². The van der Waals surface area contributed by atoms with Crippen molar-refractivity contribution in [1.82, 2.24) is 5.32 Å². The largest absolute Gasteiger partial charge is 0.485 e. The molecule has 7 heteroatoms. The van der Waals surface area contributed by atoms with Crippen LogP contribution in [0, 0.1) is 0 Å². The number of rotatable bonds is 8. The van der Waals surface area contributed by atoms with Gasteiger partial charge in [-0.25, -0.2) is 13.6 Å². The quantitative estimate of drug-likeness (QED) is 0.690. The van der Waals surface area contributed by atoms with Crippen LogP contribution in [0.15, 0.2) is 24.3 Å². The molecule has 0 fully saturated rings. The summed E-state index contributed by atoms with van der Waals surface area (Å²) in [5.74, 6) is 0.167. The number of urea groups is 1. The Labute approximate surface area is 128 Å². The van der Waals surface area contributed by atoms with Gasteiger partial charge in [-0.05, 0) is 25.0 Å². The zero-order valence-electron chi connectivity index (χ0n) is 12.7. The summed E-state index contributed by atoms with van der Waals surface area (Å²) < 4.78 is 29.4. The van der Waals surface area contributed by atoms with Crippen molar-refractivity contribution in [2.75, 3.05) is 18.5 Å². The van der Waals surface area contributed by atoms with E-state index in [4.69, 9.17) is 4.74 Å². The number of alkyl halides is 2. The van der Waals surface area contributed by atoms with Gasteiger partial charge < -0.3 is 20.5 Å². The SMILES string of the molecule is CCC(CC)(CO)NC(=O)Nc1ccccc1OCC(F)F. The van der Waals surface area contributed by atoms with Crippen molar-refractivity contribution in [3.63, 3.8) is 0 Å². The van der Waals surface area contributed by atoms with Crippen LogP contribution in [0.1, 0.15) is 26.7 Å². The predicted molar refractivity (Wildman–Crippen MR) is 80.5 cm³/mol. The molecule has 1 aromatic carbocycles. The number of carbonyl (C=O) groups is 1. The minimum Gasteiger partial charge on any atom is -0.485 e. The summed E-state index contributed by atoms with van der Waals surface area (Å²) >= 11 is 0. The van der Waals surface area contributed by atoms with Gasteiger partial charge in [-0.1, -0.05) is 26.0 Å². The molecule has 0 heterocycles. The van der Waals surface area contributed by atoms with Crippen LogP contribution in [-0.4, -0.2) is 36.3 Å². The lowest BCUT2D eigenvalue weighted by Crippen LogP contribution is -2.52. The lowest BCUT2D eigenvalue weighted by atomic mass is 9.94. The molecular formula is C15H22F2N2O3. The van der Waals surface area contributed by atoms with Gasteiger partial charge in [-0.15, -0.1) is 0 Å². The molecule has 124 valence electrons. The van der Waals surface area contributed by atoms with E-state index in [1.807, 2.05) is 13.8 Å². The van der Waals surface area contributed by atoms with E-state index in [1.165, 1.54) is 6.07 Å². The number of carbonyl (C=O) groups excluding carboxylic acids is 1. The van der Waals surface area contributed by atoms with Gasteiger partial charge in [0.25, 0.3) is 6.43 Å². The average Bonchev–Trinajstić information content (AvgIpc) is 2.52. The fourth-order valence-corrected chi connectivity index (χ4v) is 1.93. The van der Waals surface area contributed by atoms with Gasteiger partial charge in [-0.3, -0.25) is 0 Å². The molecule has 22 heavy (non-hydrogen) atoms. The number of hydrogen-bond acceptors (Lipinski definition) is 3. The molecule has 0 aliphatic rings. The second-order valence-corrected chi connectivity index (χ2v) is 4.92. The van der Waals surface area contributed by atoms with Gasteiger partial charge >= 0.3 is 6.03 Å². The summed E-state index contributed by atoms with van der Waals surface area (Å²) in [6.07, 6.45) is -1.46. The molecule has 1 aromatic rings. The van der Waals surface area contributed by atoms with Crippen molar-refractivity contribution in [3.8, 4) is 5.75 Å². The third-order valence-electron chi connectivity index (χ3n) is 3.53. The number of benzene rings is 1. The second kappa shape index (κ2) is 8.53. The van der Waals surface area contributed by atoms with E-state index in [0.717, 1.165) is 0 Å². The van der Waals surface area contributed by atoms with E-state index >= 15 is 0 Å². The molecule has 3 N–H and O–H groups in total. The van der Waals surface area contributed by atoms with Gasteiger partial charge in [0.15, 0.2) is 0 Å². The molecule has 1 rings (SSSR count). The van der Waals surface area contributed by atoms with Gasteiger partial charge in [-0.2, -0.15) is 0 Å². The first-order valence-corrected chi connectivity index (χ1v) is 7.16. The highest BCUT2D eigenvalue weighted by Gasteiger charge is 2.27. The van der Waals surface area contributed by atoms with E-state index in [2.05, 4.69) is 10.6 Å². The highest BCUT2D eigenvalue weighted by atomic mass is 19.3. The number of halogens is 2. The highest BCUT2D eigenvalue weighted by molar-refractivity contribution is 5.91. The first-order valence-electron chi connectivity index (χ1n) is 7.16. The number of ether oxygens (including phenoxy) is 1. The van der Waals surface area contributed by atoms with Crippen LogP contribution in [0.2, 0.25) is 0 Å². The second-order valence-electron chi connectivity index (χ2n) is 4.92. The minimum atomic E-state index is -2.59. The minimum absolute atomic E-state index is 0.167. The smallest absolute Gasteiger partial charge is 0.319 e. The topological polar surface area (TPSA) is 70.6 Å². The molecule has 0 aliphatic heterocycles. The number of aliphatic hydroxyl groups is 1. The maximum Gasteiger partial charge on any atom is 0.319 e. The van der Waals surface area contributed by atoms with Crippen molar-refractivity contribution in [1.29, 1.82) is 0 Å². The molecule has 5 nitrogen and oxygen atoms in total. The zero-order chi connectivity index (χ0) is 16.6. The Kier molecular flexibility index (Phi) is 7.04. The Bertz CT molecular complexity index is 471. The Morgan fingerprint density at radius 2 is 1.95 bits per heavy atom. The Morgan fingerprint density at radius 3 is 2.50 bits per heavy atom. The number of aliphatic hydroxyl groups excluding tert-OH is 1. The van der Waals surface area contributed by atoms with Crippen LogP contribution >= 0.6 is 0 Å². The molecule has 0 bridgehead atoms.